The van der Waals surface area contributed by atoms with E-state index < -0.39 is 0 Å². The van der Waals surface area contributed by atoms with Gasteiger partial charge in [-0.25, -0.2) is 4.98 Å². The lowest BCUT2D eigenvalue weighted by atomic mass is 10.2. The lowest BCUT2D eigenvalue weighted by Crippen LogP contribution is -2.07. The van der Waals surface area contributed by atoms with Crippen molar-refractivity contribution in [3.8, 4) is 17.1 Å². The molecule has 1 heterocycles. The van der Waals surface area contributed by atoms with Crippen molar-refractivity contribution in [3.05, 3.63) is 72.2 Å². The van der Waals surface area contributed by atoms with Crippen LogP contribution in [0.2, 0.25) is 0 Å². The van der Waals surface area contributed by atoms with Crippen molar-refractivity contribution in [2.24, 2.45) is 5.16 Å². The maximum atomic E-state index is 5.74. The third-order valence-corrected chi connectivity index (χ3v) is 3.35. The van der Waals surface area contributed by atoms with Gasteiger partial charge in [0.05, 0.1) is 18.5 Å². The summed E-state index contributed by atoms with van der Waals surface area (Å²) >= 11 is 0. The molecule has 2 aromatic carbocycles. The van der Waals surface area contributed by atoms with E-state index in [1.165, 1.54) is 0 Å². The van der Waals surface area contributed by atoms with E-state index in [0.717, 1.165) is 16.9 Å². The number of oxime groups is 1. The molecule has 1 aromatic heterocycles. The molecule has 0 aliphatic rings. The lowest BCUT2D eigenvalue weighted by Gasteiger charge is -2.11. The molecule has 0 radical (unpaired) electrons. The molecule has 3 aromatic rings. The average Bonchev–Trinajstić information content (AvgIpc) is 3.09. The van der Waals surface area contributed by atoms with E-state index in [4.69, 9.17) is 14.0 Å². The van der Waals surface area contributed by atoms with Crippen LogP contribution in [-0.4, -0.2) is 17.3 Å². The Labute approximate surface area is 146 Å². The van der Waals surface area contributed by atoms with Crippen molar-refractivity contribution in [2.45, 2.75) is 26.6 Å². The van der Waals surface area contributed by atoms with E-state index in [-0.39, 0.29) is 12.7 Å². The maximum absolute atomic E-state index is 5.74. The first-order valence-corrected chi connectivity index (χ1v) is 8.13. The standard InChI is InChI=1S/C20H20N2O3/c1-15(2)24-18-11-7-6-10-17(18)12-22-23-14-20-21-13-19(25-20)16-8-4-3-5-9-16/h3-13,15H,14H2,1-2H3/b22-12-. The summed E-state index contributed by atoms with van der Waals surface area (Å²) in [4.78, 5) is 9.49. The quantitative estimate of drug-likeness (QED) is 0.464. The lowest BCUT2D eigenvalue weighted by molar-refractivity contribution is 0.113. The van der Waals surface area contributed by atoms with Crippen molar-refractivity contribution in [2.75, 3.05) is 0 Å². The van der Waals surface area contributed by atoms with Gasteiger partial charge in [-0.3, -0.25) is 0 Å². The maximum Gasteiger partial charge on any atom is 0.235 e. The highest BCUT2D eigenvalue weighted by atomic mass is 16.6. The molecule has 0 N–H and O–H groups in total. The minimum atomic E-state index is 0.0965. The molecule has 0 amide bonds. The van der Waals surface area contributed by atoms with Gasteiger partial charge in [0.25, 0.3) is 0 Å². The van der Waals surface area contributed by atoms with Crippen LogP contribution in [0.15, 0.2) is 70.4 Å². The molecule has 5 heteroatoms. The monoisotopic (exact) mass is 336 g/mol. The van der Waals surface area contributed by atoms with E-state index in [0.29, 0.717) is 11.7 Å². The highest BCUT2D eigenvalue weighted by Gasteiger charge is 2.06. The molecular formula is C20H20N2O3. The normalized spacial score (nSPS) is 11.2. The molecule has 128 valence electrons. The van der Waals surface area contributed by atoms with Crippen LogP contribution >= 0.6 is 0 Å². The Bertz CT molecular complexity index is 826. The summed E-state index contributed by atoms with van der Waals surface area (Å²) in [5, 5.41) is 3.98. The van der Waals surface area contributed by atoms with Gasteiger partial charge in [-0.1, -0.05) is 47.6 Å². The van der Waals surface area contributed by atoms with Crippen LogP contribution in [0.1, 0.15) is 25.3 Å². The second kappa shape index (κ2) is 8.15. The largest absolute Gasteiger partial charge is 0.490 e. The topological polar surface area (TPSA) is 56.9 Å². The van der Waals surface area contributed by atoms with Gasteiger partial charge in [-0.05, 0) is 26.0 Å². The average molecular weight is 336 g/mol. The number of ether oxygens (including phenoxy) is 1. The molecule has 0 saturated carbocycles. The van der Waals surface area contributed by atoms with Gasteiger partial charge in [-0.2, -0.15) is 0 Å². The molecule has 0 spiro atoms. The number of benzene rings is 2. The fourth-order valence-corrected chi connectivity index (χ4v) is 2.25. The molecule has 0 saturated heterocycles. The Morgan fingerprint density at radius 3 is 2.64 bits per heavy atom. The van der Waals surface area contributed by atoms with Crippen LogP contribution in [0.4, 0.5) is 0 Å². The van der Waals surface area contributed by atoms with E-state index >= 15 is 0 Å². The molecule has 5 nitrogen and oxygen atoms in total. The van der Waals surface area contributed by atoms with Crippen LogP contribution < -0.4 is 4.74 Å². The van der Waals surface area contributed by atoms with Crippen molar-refractivity contribution >= 4 is 6.21 Å². The Morgan fingerprint density at radius 1 is 1.08 bits per heavy atom. The van der Waals surface area contributed by atoms with Crippen LogP contribution in [0.5, 0.6) is 5.75 Å². The van der Waals surface area contributed by atoms with Gasteiger partial charge in [0.1, 0.15) is 5.75 Å². The van der Waals surface area contributed by atoms with Crippen molar-refractivity contribution in [3.63, 3.8) is 0 Å². The summed E-state index contributed by atoms with van der Waals surface area (Å²) in [6, 6.07) is 17.5. The van der Waals surface area contributed by atoms with Crippen LogP contribution in [0.3, 0.4) is 0 Å². The smallest absolute Gasteiger partial charge is 0.235 e. The number of hydrogen-bond acceptors (Lipinski definition) is 5. The molecule has 3 rings (SSSR count). The summed E-state index contributed by atoms with van der Waals surface area (Å²) < 4.78 is 11.4. The molecule has 0 fully saturated rings. The number of nitrogens with zero attached hydrogens (tertiary/aromatic N) is 2. The van der Waals surface area contributed by atoms with Gasteiger partial charge < -0.3 is 14.0 Å². The molecule has 0 aliphatic heterocycles. The fourth-order valence-electron chi connectivity index (χ4n) is 2.25. The van der Waals surface area contributed by atoms with Gasteiger partial charge in [0.15, 0.2) is 12.4 Å². The first kappa shape index (κ1) is 16.8. The van der Waals surface area contributed by atoms with E-state index in [9.17, 15) is 0 Å². The Kier molecular flexibility index (Phi) is 5.46. The Hall–Kier alpha value is -3.08. The molecule has 0 bridgehead atoms. The van der Waals surface area contributed by atoms with Crippen molar-refractivity contribution in [1.82, 2.24) is 4.98 Å². The third-order valence-electron chi connectivity index (χ3n) is 3.35. The van der Waals surface area contributed by atoms with E-state index in [1.807, 2.05) is 68.4 Å². The number of aromatic nitrogens is 1. The van der Waals surface area contributed by atoms with Crippen LogP contribution in [0, 0.1) is 0 Å². The first-order chi connectivity index (χ1) is 12.2. The fraction of sp³-hybridized carbons (Fsp3) is 0.200. The van der Waals surface area contributed by atoms with Gasteiger partial charge >= 0.3 is 0 Å². The zero-order valence-electron chi connectivity index (χ0n) is 14.3. The molecule has 25 heavy (non-hydrogen) atoms. The minimum absolute atomic E-state index is 0.0965. The van der Waals surface area contributed by atoms with Crippen molar-refractivity contribution < 1.29 is 14.0 Å². The predicted octanol–water partition coefficient (Wildman–Crippen LogP) is 4.68. The third kappa shape index (κ3) is 4.70. The summed E-state index contributed by atoms with van der Waals surface area (Å²) in [6.45, 7) is 4.13. The van der Waals surface area contributed by atoms with E-state index in [1.54, 1.807) is 12.4 Å². The molecule has 0 atom stereocenters. The summed E-state index contributed by atoms with van der Waals surface area (Å²) in [5.74, 6) is 1.95. The zero-order chi connectivity index (χ0) is 17.5. The van der Waals surface area contributed by atoms with Gasteiger partial charge in [-0.15, -0.1) is 0 Å². The second-order valence-electron chi connectivity index (χ2n) is 5.70. The summed E-state index contributed by atoms with van der Waals surface area (Å²) in [7, 11) is 0. The van der Waals surface area contributed by atoms with Crippen LogP contribution in [0.25, 0.3) is 11.3 Å². The van der Waals surface area contributed by atoms with Gasteiger partial charge in [0, 0.05) is 11.1 Å². The zero-order valence-corrected chi connectivity index (χ0v) is 14.3. The molecular weight excluding hydrogens is 316 g/mol. The number of hydrogen-bond donors (Lipinski definition) is 0. The van der Waals surface area contributed by atoms with E-state index in [2.05, 4.69) is 10.1 Å². The predicted molar refractivity (Wildman–Crippen MR) is 96.5 cm³/mol. The highest BCUT2D eigenvalue weighted by Crippen LogP contribution is 2.20. The molecule has 0 unspecified atom stereocenters. The highest BCUT2D eigenvalue weighted by molar-refractivity contribution is 5.83. The Morgan fingerprint density at radius 2 is 1.84 bits per heavy atom. The Balaban J connectivity index is 1.59. The second-order valence-corrected chi connectivity index (χ2v) is 5.70. The number of rotatable bonds is 7. The first-order valence-electron chi connectivity index (χ1n) is 8.13. The SMILES string of the molecule is CC(C)Oc1ccccc1/C=N\OCc1ncc(-c2ccccc2)o1. The summed E-state index contributed by atoms with van der Waals surface area (Å²) in [5.41, 5.74) is 1.83. The summed E-state index contributed by atoms with van der Waals surface area (Å²) in [6.07, 6.45) is 3.40. The van der Waals surface area contributed by atoms with Gasteiger partial charge in [0.2, 0.25) is 5.89 Å². The van der Waals surface area contributed by atoms with Crippen LogP contribution in [-0.2, 0) is 11.4 Å². The number of para-hydroxylation sites is 1. The van der Waals surface area contributed by atoms with Crippen molar-refractivity contribution in [1.29, 1.82) is 0 Å². The molecule has 0 aliphatic carbocycles. The minimum Gasteiger partial charge on any atom is -0.490 e. The number of oxazole rings is 1.